The van der Waals surface area contributed by atoms with Gasteiger partial charge in [0.1, 0.15) is 0 Å². The highest BCUT2D eigenvalue weighted by Crippen LogP contribution is 2.44. The number of aryl methyl sites for hydroxylation is 1. The fraction of sp³-hybridized carbons (Fsp3) is 0.812. The minimum Gasteiger partial charge on any atom is -0.373 e. The first-order valence-corrected chi connectivity index (χ1v) is 8.88. The zero-order valence-electron chi connectivity index (χ0n) is 13.7. The van der Waals surface area contributed by atoms with E-state index in [0.717, 1.165) is 36.4 Å². The first kappa shape index (κ1) is 17.0. The molecule has 0 aromatic carbocycles. The van der Waals surface area contributed by atoms with Gasteiger partial charge in [-0.25, -0.2) is 0 Å². The summed E-state index contributed by atoms with van der Waals surface area (Å²) in [6, 6.07) is 0.178. The quantitative estimate of drug-likeness (QED) is 0.840. The third kappa shape index (κ3) is 3.51. The second-order valence-corrected chi connectivity index (χ2v) is 7.03. The van der Waals surface area contributed by atoms with Crippen molar-refractivity contribution in [2.45, 2.75) is 58.1 Å². The van der Waals surface area contributed by atoms with Crippen LogP contribution in [0, 0.1) is 5.92 Å². The molecule has 0 aliphatic heterocycles. The Hall–Kier alpha value is -0.390. The monoisotopic (exact) mass is 357 g/mol. The van der Waals surface area contributed by atoms with Crippen molar-refractivity contribution in [2.24, 2.45) is 13.0 Å². The van der Waals surface area contributed by atoms with Crippen LogP contribution in [0.3, 0.4) is 0 Å². The Labute approximate surface area is 136 Å². The fourth-order valence-electron chi connectivity index (χ4n) is 3.54. The first-order chi connectivity index (χ1) is 10.0. The second kappa shape index (κ2) is 7.25. The molecule has 1 heterocycles. The lowest BCUT2D eigenvalue weighted by Crippen LogP contribution is -2.49. The number of hydrogen-bond donors (Lipinski definition) is 1. The molecule has 5 heteroatoms. The zero-order valence-corrected chi connectivity index (χ0v) is 15.2. The SMILES string of the molecule is CCNC(c1c(Br)cnn1C)C1(OCC)CCC(C)CC1. The molecule has 1 fully saturated rings. The summed E-state index contributed by atoms with van der Waals surface area (Å²) in [4.78, 5) is 0. The molecule has 0 amide bonds. The third-order valence-corrected chi connectivity index (χ3v) is 5.31. The van der Waals surface area contributed by atoms with Crippen LogP contribution in [0.4, 0.5) is 0 Å². The van der Waals surface area contributed by atoms with Crippen LogP contribution >= 0.6 is 15.9 Å². The number of nitrogens with one attached hydrogen (secondary N) is 1. The maximum absolute atomic E-state index is 6.34. The number of aromatic nitrogens is 2. The molecular formula is C16H28BrN3O. The molecule has 1 aliphatic carbocycles. The lowest BCUT2D eigenvalue weighted by molar-refractivity contribution is -0.0989. The van der Waals surface area contributed by atoms with E-state index in [2.05, 4.69) is 47.1 Å². The number of hydrogen-bond acceptors (Lipinski definition) is 3. The molecule has 1 aliphatic rings. The van der Waals surface area contributed by atoms with Crippen molar-refractivity contribution in [3.05, 3.63) is 16.4 Å². The second-order valence-electron chi connectivity index (χ2n) is 6.17. The number of halogens is 1. The zero-order chi connectivity index (χ0) is 15.5. The van der Waals surface area contributed by atoms with E-state index in [1.807, 2.05) is 17.9 Å². The van der Waals surface area contributed by atoms with Crippen LogP contribution in [0.15, 0.2) is 10.7 Å². The molecule has 1 aromatic heterocycles. The van der Waals surface area contributed by atoms with Crippen molar-refractivity contribution < 1.29 is 4.74 Å². The van der Waals surface area contributed by atoms with Gasteiger partial charge >= 0.3 is 0 Å². The Morgan fingerprint density at radius 2 is 2.14 bits per heavy atom. The van der Waals surface area contributed by atoms with Gasteiger partial charge in [-0.2, -0.15) is 5.10 Å². The summed E-state index contributed by atoms with van der Waals surface area (Å²) in [6.45, 7) is 8.28. The van der Waals surface area contributed by atoms with Gasteiger partial charge in [-0.05, 0) is 61.0 Å². The summed E-state index contributed by atoms with van der Waals surface area (Å²) in [5.74, 6) is 0.802. The maximum Gasteiger partial charge on any atom is 0.0892 e. The van der Waals surface area contributed by atoms with Crippen molar-refractivity contribution in [3.63, 3.8) is 0 Å². The van der Waals surface area contributed by atoms with E-state index in [-0.39, 0.29) is 11.6 Å². The first-order valence-electron chi connectivity index (χ1n) is 8.08. The molecule has 0 saturated heterocycles. The summed E-state index contributed by atoms with van der Waals surface area (Å²) in [5, 5.41) is 8.06. The van der Waals surface area contributed by atoms with Crippen LogP contribution in [0.25, 0.3) is 0 Å². The van der Waals surface area contributed by atoms with E-state index >= 15 is 0 Å². The Bertz CT molecular complexity index is 433. The number of ether oxygens (including phenoxy) is 1. The van der Waals surface area contributed by atoms with E-state index < -0.39 is 0 Å². The minimum absolute atomic E-state index is 0.117. The molecule has 21 heavy (non-hydrogen) atoms. The fourth-order valence-corrected chi connectivity index (χ4v) is 4.11. The van der Waals surface area contributed by atoms with Gasteiger partial charge in [-0.3, -0.25) is 4.68 Å². The van der Waals surface area contributed by atoms with Gasteiger partial charge in [-0.15, -0.1) is 0 Å². The molecule has 1 unspecified atom stereocenters. The van der Waals surface area contributed by atoms with Gasteiger partial charge in [0, 0.05) is 13.7 Å². The Balaban J connectivity index is 2.37. The van der Waals surface area contributed by atoms with Gasteiger partial charge in [-0.1, -0.05) is 13.8 Å². The molecule has 120 valence electrons. The number of rotatable bonds is 6. The molecule has 4 nitrogen and oxygen atoms in total. The summed E-state index contributed by atoms with van der Waals surface area (Å²) in [6.07, 6.45) is 6.56. The predicted octanol–water partition coefficient (Wildman–Crippen LogP) is 3.82. The average Bonchev–Trinajstić information content (AvgIpc) is 2.79. The minimum atomic E-state index is -0.117. The van der Waals surface area contributed by atoms with Gasteiger partial charge in [0.2, 0.25) is 0 Å². The van der Waals surface area contributed by atoms with Crippen molar-refractivity contribution in [2.75, 3.05) is 13.2 Å². The van der Waals surface area contributed by atoms with E-state index in [1.165, 1.54) is 18.5 Å². The molecule has 1 aromatic rings. The Kier molecular flexibility index (Phi) is 5.86. The van der Waals surface area contributed by atoms with E-state index in [9.17, 15) is 0 Å². The average molecular weight is 358 g/mol. The number of nitrogens with zero attached hydrogens (tertiary/aromatic N) is 2. The van der Waals surface area contributed by atoms with Crippen molar-refractivity contribution in [3.8, 4) is 0 Å². The number of likely N-dealkylation sites (N-methyl/N-ethyl adjacent to an activating group) is 1. The van der Waals surface area contributed by atoms with Crippen LogP contribution < -0.4 is 5.32 Å². The van der Waals surface area contributed by atoms with Gasteiger partial charge in [0.25, 0.3) is 0 Å². The summed E-state index contributed by atoms with van der Waals surface area (Å²) in [7, 11) is 2.01. The summed E-state index contributed by atoms with van der Waals surface area (Å²) in [5.41, 5.74) is 1.08. The maximum atomic E-state index is 6.34. The van der Waals surface area contributed by atoms with Crippen LogP contribution in [0.1, 0.15) is 58.2 Å². The molecule has 0 radical (unpaired) electrons. The predicted molar refractivity (Wildman–Crippen MR) is 89.3 cm³/mol. The third-order valence-electron chi connectivity index (χ3n) is 4.70. The molecule has 1 N–H and O–H groups in total. The van der Waals surface area contributed by atoms with Gasteiger partial charge < -0.3 is 10.1 Å². The standard InChI is InChI=1S/C16H28BrN3O/c1-5-18-15(14-13(17)11-19-20(14)4)16(21-6-2)9-7-12(3)8-10-16/h11-12,15,18H,5-10H2,1-4H3. The molecule has 0 bridgehead atoms. The highest BCUT2D eigenvalue weighted by Gasteiger charge is 2.44. The van der Waals surface area contributed by atoms with Gasteiger partial charge in [0.15, 0.2) is 0 Å². The molecule has 1 atom stereocenters. The largest absolute Gasteiger partial charge is 0.373 e. The molecular weight excluding hydrogens is 330 g/mol. The van der Waals surface area contributed by atoms with Crippen LogP contribution in [-0.2, 0) is 11.8 Å². The van der Waals surface area contributed by atoms with Crippen LogP contribution in [-0.4, -0.2) is 28.5 Å². The summed E-state index contributed by atoms with van der Waals surface area (Å²) >= 11 is 3.66. The van der Waals surface area contributed by atoms with E-state index in [1.54, 1.807) is 0 Å². The molecule has 0 spiro atoms. The lowest BCUT2D eigenvalue weighted by Gasteiger charge is -2.45. The van der Waals surface area contributed by atoms with Crippen LogP contribution in [0.2, 0.25) is 0 Å². The van der Waals surface area contributed by atoms with E-state index in [4.69, 9.17) is 4.74 Å². The summed E-state index contributed by atoms with van der Waals surface area (Å²) < 4.78 is 9.37. The molecule has 2 rings (SSSR count). The van der Waals surface area contributed by atoms with Gasteiger partial charge in [0.05, 0.1) is 28.0 Å². The van der Waals surface area contributed by atoms with E-state index in [0.29, 0.717) is 0 Å². The topological polar surface area (TPSA) is 39.1 Å². The highest BCUT2D eigenvalue weighted by atomic mass is 79.9. The van der Waals surface area contributed by atoms with Crippen molar-refractivity contribution in [1.82, 2.24) is 15.1 Å². The highest BCUT2D eigenvalue weighted by molar-refractivity contribution is 9.10. The Morgan fingerprint density at radius 1 is 1.48 bits per heavy atom. The smallest absolute Gasteiger partial charge is 0.0892 e. The Morgan fingerprint density at radius 3 is 2.62 bits per heavy atom. The van der Waals surface area contributed by atoms with Crippen LogP contribution in [0.5, 0.6) is 0 Å². The normalized spacial score (nSPS) is 27.8. The van der Waals surface area contributed by atoms with Crippen molar-refractivity contribution >= 4 is 15.9 Å². The van der Waals surface area contributed by atoms with Crippen molar-refractivity contribution in [1.29, 1.82) is 0 Å². The lowest BCUT2D eigenvalue weighted by atomic mass is 9.74. The molecule has 1 saturated carbocycles.